The fourth-order valence-corrected chi connectivity index (χ4v) is 1.70. The molecule has 0 saturated carbocycles. The van der Waals surface area contributed by atoms with Gasteiger partial charge in [-0.3, -0.25) is 4.90 Å². The van der Waals surface area contributed by atoms with E-state index in [2.05, 4.69) is 51.0 Å². The molecule has 0 atom stereocenters. The molecule has 0 aliphatic heterocycles. The predicted octanol–water partition coefficient (Wildman–Crippen LogP) is 2.63. The van der Waals surface area contributed by atoms with Crippen LogP contribution in [0, 0.1) is 0 Å². The first-order chi connectivity index (χ1) is 8.97. The molecule has 0 bridgehead atoms. The molecule has 1 rings (SSSR count). The molecule has 0 fully saturated rings. The lowest BCUT2D eigenvalue weighted by molar-refractivity contribution is 0.0616. The highest BCUT2D eigenvalue weighted by Crippen LogP contribution is 2.10. The summed E-state index contributed by atoms with van der Waals surface area (Å²) in [5.74, 6) is 2.00. The summed E-state index contributed by atoms with van der Waals surface area (Å²) in [7, 11) is 2.08. The number of rotatable bonds is 9. The van der Waals surface area contributed by atoms with Gasteiger partial charge in [-0.05, 0) is 33.0 Å². The molecular weight excluding hydrogens is 240 g/mol. The van der Waals surface area contributed by atoms with Crippen LogP contribution in [0.25, 0.3) is 0 Å². The van der Waals surface area contributed by atoms with Crippen LogP contribution in [-0.2, 0) is 17.8 Å². The summed E-state index contributed by atoms with van der Waals surface area (Å²) in [5, 5.41) is 3.35. The molecule has 0 saturated heterocycles. The highest BCUT2D eigenvalue weighted by Gasteiger charge is 2.06. The van der Waals surface area contributed by atoms with Crippen molar-refractivity contribution < 1.29 is 9.15 Å². The zero-order chi connectivity index (χ0) is 14.3. The number of hydrogen-bond acceptors (Lipinski definition) is 4. The minimum Gasteiger partial charge on any atom is -0.463 e. The van der Waals surface area contributed by atoms with E-state index in [9.17, 15) is 0 Å². The quantitative estimate of drug-likeness (QED) is 0.747. The molecule has 0 aromatic carbocycles. The zero-order valence-corrected chi connectivity index (χ0v) is 12.9. The van der Waals surface area contributed by atoms with Gasteiger partial charge in [-0.15, -0.1) is 0 Å². The number of hydrogen-bond donors (Lipinski definition) is 1. The van der Waals surface area contributed by atoms with E-state index in [0.717, 1.165) is 37.8 Å². The van der Waals surface area contributed by atoms with Crippen molar-refractivity contribution in [2.75, 3.05) is 20.2 Å². The van der Waals surface area contributed by atoms with Crippen LogP contribution >= 0.6 is 0 Å². The lowest BCUT2D eigenvalue weighted by Gasteiger charge is -2.16. The van der Waals surface area contributed by atoms with Gasteiger partial charge < -0.3 is 14.5 Å². The second-order valence-electron chi connectivity index (χ2n) is 5.56. The summed E-state index contributed by atoms with van der Waals surface area (Å²) in [4.78, 5) is 2.21. The standard InChI is InChI=1S/C15H28N2O2/c1-12(2)16-10-14-6-7-15(19-14)11-17(5)8-9-18-13(3)4/h6-7,12-13,16H,8-11H2,1-5H3. The Morgan fingerprint density at radius 2 is 1.89 bits per heavy atom. The smallest absolute Gasteiger partial charge is 0.118 e. The predicted molar refractivity (Wildman–Crippen MR) is 78.1 cm³/mol. The third-order valence-corrected chi connectivity index (χ3v) is 2.75. The Labute approximate surface area is 117 Å². The van der Waals surface area contributed by atoms with E-state index in [4.69, 9.17) is 9.15 Å². The fraction of sp³-hybridized carbons (Fsp3) is 0.733. The van der Waals surface area contributed by atoms with Crippen LogP contribution in [0.3, 0.4) is 0 Å². The number of nitrogens with zero attached hydrogens (tertiary/aromatic N) is 1. The zero-order valence-electron chi connectivity index (χ0n) is 12.9. The summed E-state index contributed by atoms with van der Waals surface area (Å²) in [6, 6.07) is 4.57. The van der Waals surface area contributed by atoms with Gasteiger partial charge in [0.25, 0.3) is 0 Å². The summed E-state index contributed by atoms with van der Waals surface area (Å²) in [6.45, 7) is 11.7. The third-order valence-electron chi connectivity index (χ3n) is 2.75. The number of ether oxygens (including phenoxy) is 1. The maximum Gasteiger partial charge on any atom is 0.118 e. The van der Waals surface area contributed by atoms with Crippen LogP contribution in [0.1, 0.15) is 39.2 Å². The van der Waals surface area contributed by atoms with E-state index >= 15 is 0 Å². The second-order valence-corrected chi connectivity index (χ2v) is 5.56. The van der Waals surface area contributed by atoms with E-state index in [0.29, 0.717) is 12.1 Å². The van der Waals surface area contributed by atoms with Crippen LogP contribution in [0.2, 0.25) is 0 Å². The van der Waals surface area contributed by atoms with Gasteiger partial charge in [-0.25, -0.2) is 0 Å². The van der Waals surface area contributed by atoms with Crippen molar-refractivity contribution >= 4 is 0 Å². The first-order valence-corrected chi connectivity index (χ1v) is 7.08. The molecule has 4 heteroatoms. The lowest BCUT2D eigenvalue weighted by Crippen LogP contribution is -2.23. The van der Waals surface area contributed by atoms with Crippen molar-refractivity contribution in [3.05, 3.63) is 23.7 Å². The van der Waals surface area contributed by atoms with Crippen molar-refractivity contribution in [1.82, 2.24) is 10.2 Å². The molecule has 1 aromatic heterocycles. The molecule has 0 amide bonds. The highest BCUT2D eigenvalue weighted by atomic mass is 16.5. The summed E-state index contributed by atoms with van der Waals surface area (Å²) < 4.78 is 11.3. The Kier molecular flexibility index (Phi) is 7.13. The summed E-state index contributed by atoms with van der Waals surface area (Å²) in [6.07, 6.45) is 0.297. The summed E-state index contributed by atoms with van der Waals surface area (Å²) in [5.41, 5.74) is 0. The molecule has 110 valence electrons. The van der Waals surface area contributed by atoms with E-state index < -0.39 is 0 Å². The van der Waals surface area contributed by atoms with Crippen molar-refractivity contribution in [2.45, 2.75) is 52.9 Å². The molecule has 1 N–H and O–H groups in total. The Morgan fingerprint density at radius 3 is 2.53 bits per heavy atom. The summed E-state index contributed by atoms with van der Waals surface area (Å²) >= 11 is 0. The molecule has 0 aliphatic rings. The maximum absolute atomic E-state index is 5.79. The first-order valence-electron chi connectivity index (χ1n) is 7.08. The van der Waals surface area contributed by atoms with Gasteiger partial charge in [0.05, 0.1) is 25.8 Å². The van der Waals surface area contributed by atoms with E-state index in [1.54, 1.807) is 0 Å². The van der Waals surface area contributed by atoms with Gasteiger partial charge in [0.2, 0.25) is 0 Å². The number of furan rings is 1. The number of likely N-dealkylation sites (N-methyl/N-ethyl adjacent to an activating group) is 1. The van der Waals surface area contributed by atoms with Gasteiger partial charge in [0.1, 0.15) is 11.5 Å². The minimum absolute atomic E-state index is 0.297. The second kappa shape index (κ2) is 8.35. The van der Waals surface area contributed by atoms with Gasteiger partial charge in [0.15, 0.2) is 0 Å². The molecule has 0 spiro atoms. The van der Waals surface area contributed by atoms with Gasteiger partial charge in [0, 0.05) is 12.6 Å². The average Bonchev–Trinajstić information content (AvgIpc) is 2.73. The molecule has 0 radical (unpaired) electrons. The molecule has 4 nitrogen and oxygen atoms in total. The van der Waals surface area contributed by atoms with E-state index in [-0.39, 0.29) is 0 Å². The fourth-order valence-electron chi connectivity index (χ4n) is 1.70. The van der Waals surface area contributed by atoms with Gasteiger partial charge in [-0.1, -0.05) is 13.8 Å². The molecular formula is C15H28N2O2. The van der Waals surface area contributed by atoms with Crippen LogP contribution in [0.5, 0.6) is 0 Å². The Hall–Kier alpha value is -0.840. The topological polar surface area (TPSA) is 37.6 Å². The van der Waals surface area contributed by atoms with Crippen molar-refractivity contribution in [1.29, 1.82) is 0 Å². The normalized spacial score (nSPS) is 12.0. The van der Waals surface area contributed by atoms with Crippen LogP contribution in [-0.4, -0.2) is 37.2 Å². The molecule has 1 aromatic rings. The SMILES string of the molecule is CC(C)NCc1ccc(CN(C)CCOC(C)C)o1. The van der Waals surface area contributed by atoms with Crippen molar-refractivity contribution in [2.24, 2.45) is 0 Å². The van der Waals surface area contributed by atoms with E-state index in [1.807, 2.05) is 6.07 Å². The average molecular weight is 268 g/mol. The van der Waals surface area contributed by atoms with Crippen molar-refractivity contribution in [3.8, 4) is 0 Å². The molecule has 1 heterocycles. The van der Waals surface area contributed by atoms with Crippen LogP contribution in [0.4, 0.5) is 0 Å². The van der Waals surface area contributed by atoms with E-state index in [1.165, 1.54) is 0 Å². The monoisotopic (exact) mass is 268 g/mol. The largest absolute Gasteiger partial charge is 0.463 e. The third kappa shape index (κ3) is 7.35. The molecule has 19 heavy (non-hydrogen) atoms. The van der Waals surface area contributed by atoms with Gasteiger partial charge in [-0.2, -0.15) is 0 Å². The Bertz CT molecular complexity index is 348. The Balaban J connectivity index is 2.28. The van der Waals surface area contributed by atoms with Crippen LogP contribution in [0.15, 0.2) is 16.5 Å². The lowest BCUT2D eigenvalue weighted by atomic mass is 10.3. The van der Waals surface area contributed by atoms with Crippen molar-refractivity contribution in [3.63, 3.8) is 0 Å². The highest BCUT2D eigenvalue weighted by molar-refractivity contribution is 5.07. The minimum atomic E-state index is 0.297. The number of nitrogens with one attached hydrogen (secondary N) is 1. The maximum atomic E-state index is 5.79. The van der Waals surface area contributed by atoms with Crippen LogP contribution < -0.4 is 5.32 Å². The Morgan fingerprint density at radius 1 is 1.21 bits per heavy atom. The molecule has 0 unspecified atom stereocenters. The molecule has 0 aliphatic carbocycles. The first kappa shape index (κ1) is 16.2. The van der Waals surface area contributed by atoms with Gasteiger partial charge >= 0.3 is 0 Å².